The minimum absolute atomic E-state index is 0.0143. The molecular weight excluding hydrogens is 390 g/mol. The lowest BCUT2D eigenvalue weighted by molar-refractivity contribution is -0.120. The molecule has 156 valence electrons. The lowest BCUT2D eigenvalue weighted by atomic mass is 9.97. The number of amides is 1. The Labute approximate surface area is 180 Å². The van der Waals surface area contributed by atoms with Gasteiger partial charge in [0.05, 0.1) is 23.3 Å². The highest BCUT2D eigenvalue weighted by Crippen LogP contribution is 2.24. The molecule has 1 fully saturated rings. The maximum atomic E-state index is 12.9. The van der Waals surface area contributed by atoms with Crippen molar-refractivity contribution in [1.82, 2.24) is 24.7 Å². The van der Waals surface area contributed by atoms with Gasteiger partial charge in [-0.25, -0.2) is 4.98 Å². The lowest BCUT2D eigenvalue weighted by Gasteiger charge is -2.32. The number of rotatable bonds is 4. The first-order valence-corrected chi connectivity index (χ1v) is 10.4. The monoisotopic (exact) mass is 413 g/mol. The van der Waals surface area contributed by atoms with Crippen LogP contribution in [-0.4, -0.2) is 43.7 Å². The number of piperidine rings is 1. The fraction of sp³-hybridized carbons (Fsp3) is 0.261. The number of carbonyl (C=O) groups excluding carboxylic acids is 1. The SMILES string of the molecule is Cc1nccn1-c1ccc(N2CCCC(C(=O)Nc3cnc4ccccc4c3)C2)nn1. The topological polar surface area (TPSA) is 88.8 Å². The van der Waals surface area contributed by atoms with Crippen molar-refractivity contribution in [1.29, 1.82) is 0 Å². The first-order valence-electron chi connectivity index (χ1n) is 10.4. The third-order valence-electron chi connectivity index (χ3n) is 5.68. The van der Waals surface area contributed by atoms with E-state index in [1.54, 1.807) is 12.4 Å². The lowest BCUT2D eigenvalue weighted by Crippen LogP contribution is -2.41. The van der Waals surface area contributed by atoms with Crippen molar-refractivity contribution in [2.45, 2.75) is 19.8 Å². The molecule has 0 aliphatic carbocycles. The molecule has 0 bridgehead atoms. The van der Waals surface area contributed by atoms with Crippen molar-refractivity contribution in [2.24, 2.45) is 5.92 Å². The minimum Gasteiger partial charge on any atom is -0.354 e. The van der Waals surface area contributed by atoms with Crippen LogP contribution in [0.4, 0.5) is 11.5 Å². The molecule has 0 spiro atoms. The van der Waals surface area contributed by atoms with Crippen molar-refractivity contribution < 1.29 is 4.79 Å². The van der Waals surface area contributed by atoms with Crippen LogP contribution < -0.4 is 10.2 Å². The Hall–Kier alpha value is -3.81. The summed E-state index contributed by atoms with van der Waals surface area (Å²) in [5.74, 6) is 2.28. The van der Waals surface area contributed by atoms with Gasteiger partial charge in [0.1, 0.15) is 5.82 Å². The zero-order valence-electron chi connectivity index (χ0n) is 17.3. The normalized spacial score (nSPS) is 16.4. The van der Waals surface area contributed by atoms with Gasteiger partial charge in [0.15, 0.2) is 11.6 Å². The fourth-order valence-electron chi connectivity index (χ4n) is 4.02. The highest BCUT2D eigenvalue weighted by molar-refractivity contribution is 5.94. The molecule has 1 aliphatic rings. The van der Waals surface area contributed by atoms with E-state index in [0.29, 0.717) is 6.54 Å². The summed E-state index contributed by atoms with van der Waals surface area (Å²) in [4.78, 5) is 23.7. The second-order valence-electron chi connectivity index (χ2n) is 7.79. The van der Waals surface area contributed by atoms with E-state index >= 15 is 0 Å². The van der Waals surface area contributed by atoms with E-state index in [-0.39, 0.29) is 11.8 Å². The smallest absolute Gasteiger partial charge is 0.229 e. The summed E-state index contributed by atoms with van der Waals surface area (Å²) >= 11 is 0. The highest BCUT2D eigenvalue weighted by atomic mass is 16.1. The number of hydrogen-bond acceptors (Lipinski definition) is 6. The van der Waals surface area contributed by atoms with Crippen LogP contribution in [0, 0.1) is 12.8 Å². The number of aromatic nitrogens is 5. The molecular formula is C23H23N7O. The molecule has 1 atom stereocenters. The van der Waals surface area contributed by atoms with E-state index in [4.69, 9.17) is 0 Å². The summed E-state index contributed by atoms with van der Waals surface area (Å²) in [6, 6.07) is 13.7. The van der Waals surface area contributed by atoms with Crippen molar-refractivity contribution >= 4 is 28.3 Å². The van der Waals surface area contributed by atoms with E-state index in [9.17, 15) is 4.79 Å². The number of nitrogens with zero attached hydrogens (tertiary/aromatic N) is 6. The summed E-state index contributed by atoms with van der Waals surface area (Å²) in [5.41, 5.74) is 1.64. The van der Waals surface area contributed by atoms with Gasteiger partial charge in [-0.3, -0.25) is 14.3 Å². The molecule has 0 radical (unpaired) electrons. The van der Waals surface area contributed by atoms with Crippen molar-refractivity contribution in [3.63, 3.8) is 0 Å². The number of benzene rings is 1. The molecule has 1 unspecified atom stereocenters. The number of pyridine rings is 1. The predicted octanol–water partition coefficient (Wildman–Crippen LogP) is 3.37. The van der Waals surface area contributed by atoms with Crippen LogP contribution in [0.1, 0.15) is 18.7 Å². The Morgan fingerprint density at radius 3 is 2.74 bits per heavy atom. The maximum Gasteiger partial charge on any atom is 0.229 e. The molecule has 1 saturated heterocycles. The van der Waals surface area contributed by atoms with Crippen LogP contribution in [0.15, 0.2) is 61.1 Å². The van der Waals surface area contributed by atoms with Gasteiger partial charge in [-0.2, -0.15) is 0 Å². The average Bonchev–Trinajstić information content (AvgIpc) is 3.25. The molecule has 1 aromatic carbocycles. The molecule has 1 amide bonds. The number of imidazole rings is 1. The molecule has 1 N–H and O–H groups in total. The number of carbonyl (C=O) groups is 1. The Bertz CT molecular complexity index is 1220. The number of fused-ring (bicyclic) bond motifs is 1. The Morgan fingerprint density at radius 1 is 1.10 bits per heavy atom. The molecule has 1 aliphatic heterocycles. The van der Waals surface area contributed by atoms with E-state index in [2.05, 4.69) is 30.4 Å². The predicted molar refractivity (Wildman–Crippen MR) is 119 cm³/mol. The summed E-state index contributed by atoms with van der Waals surface area (Å²) in [6.45, 7) is 3.40. The molecule has 31 heavy (non-hydrogen) atoms. The molecule has 4 aromatic rings. The van der Waals surface area contributed by atoms with E-state index in [1.165, 1.54) is 0 Å². The van der Waals surface area contributed by atoms with Crippen LogP contribution in [0.25, 0.3) is 16.7 Å². The first-order chi connectivity index (χ1) is 15.2. The summed E-state index contributed by atoms with van der Waals surface area (Å²) in [6.07, 6.45) is 7.09. The van der Waals surface area contributed by atoms with Gasteiger partial charge in [0, 0.05) is 30.9 Å². The highest BCUT2D eigenvalue weighted by Gasteiger charge is 2.27. The van der Waals surface area contributed by atoms with Crippen molar-refractivity contribution in [2.75, 3.05) is 23.3 Å². The van der Waals surface area contributed by atoms with E-state index in [0.717, 1.165) is 53.4 Å². The van der Waals surface area contributed by atoms with Crippen LogP contribution in [0.3, 0.4) is 0 Å². The molecule has 5 rings (SSSR count). The van der Waals surface area contributed by atoms with Crippen molar-refractivity contribution in [3.8, 4) is 5.82 Å². The number of anilines is 2. The van der Waals surface area contributed by atoms with Crippen LogP contribution in [-0.2, 0) is 4.79 Å². The standard InChI is InChI=1S/C23H23N7O/c1-16-24-10-12-30(16)22-9-8-21(27-28-22)29-11-4-6-18(15-29)23(31)26-19-13-17-5-2-3-7-20(17)25-14-19/h2-3,5,7-10,12-14,18H,4,6,11,15H2,1H3,(H,26,31). The third kappa shape index (κ3) is 3.96. The Morgan fingerprint density at radius 2 is 1.94 bits per heavy atom. The zero-order valence-corrected chi connectivity index (χ0v) is 17.3. The fourth-order valence-corrected chi connectivity index (χ4v) is 4.02. The quantitative estimate of drug-likeness (QED) is 0.552. The van der Waals surface area contributed by atoms with Gasteiger partial charge >= 0.3 is 0 Å². The van der Waals surface area contributed by atoms with Crippen LogP contribution in [0.2, 0.25) is 0 Å². The Kier molecular flexibility index (Phi) is 5.03. The van der Waals surface area contributed by atoms with Crippen LogP contribution >= 0.6 is 0 Å². The zero-order chi connectivity index (χ0) is 21.2. The largest absolute Gasteiger partial charge is 0.354 e. The van der Waals surface area contributed by atoms with E-state index < -0.39 is 0 Å². The van der Waals surface area contributed by atoms with Gasteiger partial charge in [-0.15, -0.1) is 10.2 Å². The third-order valence-corrected chi connectivity index (χ3v) is 5.68. The summed E-state index contributed by atoms with van der Waals surface area (Å²) < 4.78 is 1.89. The number of nitrogens with one attached hydrogen (secondary N) is 1. The first kappa shape index (κ1) is 19.2. The summed E-state index contributed by atoms with van der Waals surface area (Å²) in [7, 11) is 0. The average molecular weight is 413 g/mol. The van der Waals surface area contributed by atoms with E-state index in [1.807, 2.05) is 60.2 Å². The summed E-state index contributed by atoms with van der Waals surface area (Å²) in [5, 5.41) is 12.8. The number of aryl methyl sites for hydroxylation is 1. The molecule has 3 aromatic heterocycles. The Balaban J connectivity index is 1.27. The maximum absolute atomic E-state index is 12.9. The molecule has 0 saturated carbocycles. The van der Waals surface area contributed by atoms with Gasteiger partial charge in [0.2, 0.25) is 5.91 Å². The molecule has 4 heterocycles. The molecule has 8 nitrogen and oxygen atoms in total. The minimum atomic E-state index is -0.113. The number of para-hydroxylation sites is 1. The molecule has 8 heteroatoms. The van der Waals surface area contributed by atoms with Gasteiger partial charge in [-0.1, -0.05) is 18.2 Å². The second kappa shape index (κ2) is 8.14. The van der Waals surface area contributed by atoms with Gasteiger partial charge in [0.25, 0.3) is 0 Å². The number of hydrogen-bond donors (Lipinski definition) is 1. The van der Waals surface area contributed by atoms with Crippen molar-refractivity contribution in [3.05, 3.63) is 66.9 Å². The van der Waals surface area contributed by atoms with Gasteiger partial charge < -0.3 is 10.2 Å². The van der Waals surface area contributed by atoms with Gasteiger partial charge in [-0.05, 0) is 44.0 Å². The van der Waals surface area contributed by atoms with Crippen LogP contribution in [0.5, 0.6) is 0 Å². The second-order valence-corrected chi connectivity index (χ2v) is 7.79.